The largest absolute Gasteiger partial charge is 0.495 e. The van der Waals surface area contributed by atoms with E-state index in [9.17, 15) is 10.1 Å². The maximum Gasteiger partial charge on any atom is 0.266 e. The van der Waals surface area contributed by atoms with Crippen LogP contribution in [0.25, 0.3) is 6.08 Å². The summed E-state index contributed by atoms with van der Waals surface area (Å²) < 4.78 is 12.9. The smallest absolute Gasteiger partial charge is 0.266 e. The molecule has 156 valence electrons. The number of hydrogen-bond acceptors (Lipinski definition) is 4. The number of amides is 1. The zero-order valence-corrected chi connectivity index (χ0v) is 20.9. The average molecular weight is 636 g/mol. The highest BCUT2D eigenvalue weighted by atomic mass is 127. The molecule has 0 aromatic heterocycles. The van der Waals surface area contributed by atoms with Crippen LogP contribution in [0.4, 0.5) is 5.69 Å². The number of nitrogens with one attached hydrogen (secondary N) is 1. The van der Waals surface area contributed by atoms with Crippen LogP contribution in [0.1, 0.15) is 11.1 Å². The molecule has 0 aliphatic rings. The molecule has 3 rings (SSSR count). The molecule has 7 heteroatoms. The third kappa shape index (κ3) is 6.45. The van der Waals surface area contributed by atoms with E-state index in [1.54, 1.807) is 37.5 Å². The van der Waals surface area contributed by atoms with Crippen LogP contribution in [0.2, 0.25) is 0 Å². The first-order valence-corrected chi connectivity index (χ1v) is 11.4. The minimum absolute atomic E-state index is 0.0150. The van der Waals surface area contributed by atoms with Gasteiger partial charge in [-0.15, -0.1) is 0 Å². The van der Waals surface area contributed by atoms with Crippen LogP contribution >= 0.6 is 45.2 Å². The molecule has 0 heterocycles. The highest BCUT2D eigenvalue weighted by Crippen LogP contribution is 2.29. The van der Waals surface area contributed by atoms with Gasteiger partial charge in [0, 0.05) is 5.69 Å². The lowest BCUT2D eigenvalue weighted by Crippen LogP contribution is -2.13. The van der Waals surface area contributed by atoms with E-state index in [0.29, 0.717) is 18.0 Å². The van der Waals surface area contributed by atoms with E-state index in [0.717, 1.165) is 24.0 Å². The fourth-order valence-electron chi connectivity index (χ4n) is 2.75. The first-order chi connectivity index (χ1) is 15.0. The lowest BCUT2D eigenvalue weighted by atomic mass is 10.1. The molecule has 3 aromatic carbocycles. The number of carbonyl (C=O) groups excluding carboxylic acids is 1. The van der Waals surface area contributed by atoms with E-state index >= 15 is 0 Å². The van der Waals surface area contributed by atoms with E-state index in [4.69, 9.17) is 9.47 Å². The number of nitrogens with zero attached hydrogens (tertiary/aromatic N) is 1. The summed E-state index contributed by atoms with van der Waals surface area (Å²) in [6.45, 7) is 0.466. The second-order valence-corrected chi connectivity index (χ2v) is 8.76. The van der Waals surface area contributed by atoms with E-state index in [1.165, 1.54) is 0 Å². The highest BCUT2D eigenvalue weighted by Gasteiger charge is 2.12. The number of carbonyl (C=O) groups is 1. The van der Waals surface area contributed by atoms with Crippen molar-refractivity contribution in [3.63, 3.8) is 0 Å². The molecular weight excluding hydrogens is 618 g/mol. The predicted molar refractivity (Wildman–Crippen MR) is 138 cm³/mol. The summed E-state index contributed by atoms with van der Waals surface area (Å²) in [6.07, 6.45) is 1.57. The highest BCUT2D eigenvalue weighted by molar-refractivity contribution is 14.1. The predicted octanol–water partition coefficient (Wildman–Crippen LogP) is 6.03. The van der Waals surface area contributed by atoms with Gasteiger partial charge in [0.05, 0.1) is 14.3 Å². The molecule has 0 aliphatic heterocycles. The Morgan fingerprint density at radius 2 is 1.71 bits per heavy atom. The molecule has 1 N–H and O–H groups in total. The molecule has 0 saturated carbocycles. The van der Waals surface area contributed by atoms with Gasteiger partial charge in [0.2, 0.25) is 0 Å². The van der Waals surface area contributed by atoms with Crippen molar-refractivity contribution >= 4 is 62.9 Å². The third-order valence-corrected chi connectivity index (χ3v) is 5.86. The zero-order chi connectivity index (χ0) is 22.2. The summed E-state index contributed by atoms with van der Waals surface area (Å²) in [5.41, 5.74) is 2.43. The Balaban J connectivity index is 1.67. The number of ether oxygens (including phenoxy) is 2. The lowest BCUT2D eigenvalue weighted by Gasteiger charge is -2.09. The maximum absolute atomic E-state index is 12.6. The van der Waals surface area contributed by atoms with Gasteiger partial charge < -0.3 is 14.8 Å². The zero-order valence-electron chi connectivity index (χ0n) is 16.6. The molecule has 31 heavy (non-hydrogen) atoms. The SMILES string of the molecule is COc1c(I)cc(/C=C(\C#N)C(=O)Nc2ccc(OCc3ccccc3)cc2)cc1I. The Morgan fingerprint density at radius 3 is 2.29 bits per heavy atom. The van der Waals surface area contributed by atoms with Gasteiger partial charge in [-0.25, -0.2) is 0 Å². The molecule has 1 amide bonds. The number of nitriles is 1. The Bertz CT molecular complexity index is 1110. The number of rotatable bonds is 7. The first kappa shape index (κ1) is 23.1. The van der Waals surface area contributed by atoms with Gasteiger partial charge in [-0.3, -0.25) is 4.79 Å². The van der Waals surface area contributed by atoms with Gasteiger partial charge in [-0.2, -0.15) is 5.26 Å². The molecule has 0 aliphatic carbocycles. The number of halogens is 2. The van der Waals surface area contributed by atoms with E-state index < -0.39 is 5.91 Å². The molecular formula is C24H18I2N2O3. The van der Waals surface area contributed by atoms with Crippen LogP contribution < -0.4 is 14.8 Å². The second kappa shape index (κ2) is 11.2. The summed E-state index contributed by atoms with van der Waals surface area (Å²) >= 11 is 4.33. The second-order valence-electron chi connectivity index (χ2n) is 6.44. The molecule has 0 radical (unpaired) electrons. The molecule has 3 aromatic rings. The number of methoxy groups -OCH3 is 1. The monoisotopic (exact) mass is 636 g/mol. The summed E-state index contributed by atoms with van der Waals surface area (Å²) in [5, 5.41) is 12.2. The Labute approximate surface area is 208 Å². The van der Waals surface area contributed by atoms with Crippen molar-refractivity contribution < 1.29 is 14.3 Å². The van der Waals surface area contributed by atoms with Gasteiger partial charge >= 0.3 is 0 Å². The van der Waals surface area contributed by atoms with Crippen molar-refractivity contribution in [3.05, 3.63) is 90.6 Å². The molecule has 0 fully saturated rings. The normalized spacial score (nSPS) is 10.8. The molecule has 5 nitrogen and oxygen atoms in total. The van der Waals surface area contributed by atoms with Crippen LogP contribution in [0, 0.1) is 18.5 Å². The quantitative estimate of drug-likeness (QED) is 0.196. The van der Waals surface area contributed by atoms with Crippen LogP contribution in [0.15, 0.2) is 72.3 Å². The van der Waals surface area contributed by atoms with Crippen LogP contribution in [0.5, 0.6) is 11.5 Å². The summed E-state index contributed by atoms with van der Waals surface area (Å²) in [7, 11) is 1.61. The van der Waals surface area contributed by atoms with Crippen molar-refractivity contribution in [1.82, 2.24) is 0 Å². The average Bonchev–Trinajstić information content (AvgIpc) is 2.77. The molecule has 0 bridgehead atoms. The van der Waals surface area contributed by atoms with Gasteiger partial charge in [-0.05, 0) is 98.8 Å². The molecule has 0 atom stereocenters. The third-order valence-electron chi connectivity index (χ3n) is 4.26. The number of benzene rings is 3. The van der Waals surface area contributed by atoms with E-state index in [1.807, 2.05) is 48.5 Å². The summed E-state index contributed by atoms with van der Waals surface area (Å²) in [5.74, 6) is 0.998. The molecule has 0 spiro atoms. The standard InChI is InChI=1S/C24H18I2N2O3/c1-30-23-21(25)12-17(13-22(23)26)11-18(14-27)24(29)28-19-7-9-20(10-8-19)31-15-16-5-3-2-4-6-16/h2-13H,15H2,1H3,(H,28,29)/b18-11+. The van der Waals surface area contributed by atoms with Crippen LogP contribution in [-0.2, 0) is 11.4 Å². The molecule has 0 unspecified atom stereocenters. The number of anilines is 1. The van der Waals surface area contributed by atoms with Crippen molar-refractivity contribution in [2.75, 3.05) is 12.4 Å². The molecule has 0 saturated heterocycles. The van der Waals surface area contributed by atoms with Gasteiger partial charge in [-0.1, -0.05) is 30.3 Å². The summed E-state index contributed by atoms with van der Waals surface area (Å²) in [4.78, 5) is 12.6. The first-order valence-electron chi connectivity index (χ1n) is 9.23. The maximum atomic E-state index is 12.6. The fraction of sp³-hybridized carbons (Fsp3) is 0.0833. The topological polar surface area (TPSA) is 71.3 Å². The Morgan fingerprint density at radius 1 is 1.06 bits per heavy atom. The van der Waals surface area contributed by atoms with Gasteiger partial charge in [0.1, 0.15) is 29.7 Å². The minimum atomic E-state index is -0.471. The minimum Gasteiger partial charge on any atom is -0.495 e. The van der Waals surface area contributed by atoms with Crippen molar-refractivity contribution in [2.24, 2.45) is 0 Å². The van der Waals surface area contributed by atoms with Gasteiger partial charge in [0.15, 0.2) is 0 Å². The van der Waals surface area contributed by atoms with Crippen LogP contribution in [0.3, 0.4) is 0 Å². The van der Waals surface area contributed by atoms with E-state index in [2.05, 4.69) is 50.5 Å². The fourth-order valence-corrected chi connectivity index (χ4v) is 5.00. The van der Waals surface area contributed by atoms with Gasteiger partial charge in [0.25, 0.3) is 5.91 Å². The number of hydrogen-bond donors (Lipinski definition) is 1. The van der Waals surface area contributed by atoms with Crippen molar-refractivity contribution in [2.45, 2.75) is 6.61 Å². The van der Waals surface area contributed by atoms with Crippen molar-refractivity contribution in [3.8, 4) is 17.6 Å². The Hall–Kier alpha value is -2.58. The van der Waals surface area contributed by atoms with Crippen molar-refractivity contribution in [1.29, 1.82) is 5.26 Å². The Kier molecular flexibility index (Phi) is 8.31. The van der Waals surface area contributed by atoms with Crippen LogP contribution in [-0.4, -0.2) is 13.0 Å². The summed E-state index contributed by atoms with van der Waals surface area (Å²) in [6, 6.07) is 22.6. The lowest BCUT2D eigenvalue weighted by molar-refractivity contribution is -0.112. The van der Waals surface area contributed by atoms with E-state index in [-0.39, 0.29) is 5.57 Å².